The Morgan fingerprint density at radius 3 is 2.85 bits per heavy atom. The molecule has 3 heterocycles. The fourth-order valence-electron chi connectivity index (χ4n) is 3.08. The molecule has 0 bridgehead atoms. The van der Waals surface area contributed by atoms with Crippen molar-refractivity contribution in [3.8, 4) is 17.1 Å². The van der Waals surface area contributed by atoms with Crippen molar-refractivity contribution in [1.29, 1.82) is 0 Å². The number of hydrogen-bond donors (Lipinski definition) is 0. The summed E-state index contributed by atoms with van der Waals surface area (Å²) in [6.45, 7) is 2.95. The quantitative estimate of drug-likeness (QED) is 0.703. The molecule has 2 aromatic heterocycles. The van der Waals surface area contributed by atoms with E-state index in [1.54, 1.807) is 17.3 Å². The number of benzene rings is 1. The lowest BCUT2D eigenvalue weighted by atomic mass is 10.1. The van der Waals surface area contributed by atoms with Crippen molar-refractivity contribution in [2.75, 3.05) is 18.1 Å². The van der Waals surface area contributed by atoms with Crippen LogP contribution in [0.3, 0.4) is 0 Å². The predicted molar refractivity (Wildman–Crippen MR) is 94.9 cm³/mol. The van der Waals surface area contributed by atoms with Crippen LogP contribution in [0.5, 0.6) is 5.75 Å². The van der Waals surface area contributed by atoms with E-state index in [1.807, 2.05) is 43.3 Å². The Bertz CT molecular complexity index is 910. The monoisotopic (exact) mass is 350 g/mol. The lowest BCUT2D eigenvalue weighted by Gasteiger charge is -2.19. The van der Waals surface area contributed by atoms with Crippen LogP contribution in [0, 0.1) is 0 Å². The van der Waals surface area contributed by atoms with Gasteiger partial charge in [-0.3, -0.25) is 9.78 Å². The van der Waals surface area contributed by atoms with Crippen molar-refractivity contribution in [1.82, 2.24) is 15.1 Å². The predicted octanol–water partition coefficient (Wildman–Crippen LogP) is 3.05. The van der Waals surface area contributed by atoms with Crippen LogP contribution in [-0.2, 0) is 4.79 Å². The summed E-state index contributed by atoms with van der Waals surface area (Å²) in [5.41, 5.74) is 1.61. The Morgan fingerprint density at radius 1 is 1.23 bits per heavy atom. The van der Waals surface area contributed by atoms with E-state index < -0.39 is 0 Å². The van der Waals surface area contributed by atoms with Gasteiger partial charge >= 0.3 is 0 Å². The van der Waals surface area contributed by atoms with Crippen LogP contribution in [0.2, 0.25) is 0 Å². The molecule has 132 valence electrons. The van der Waals surface area contributed by atoms with E-state index in [4.69, 9.17) is 9.26 Å². The molecule has 0 radical (unpaired) electrons. The Labute approximate surface area is 150 Å². The highest BCUT2D eigenvalue weighted by atomic mass is 16.5. The molecular weight excluding hydrogens is 332 g/mol. The molecule has 0 N–H and O–H groups in total. The summed E-state index contributed by atoms with van der Waals surface area (Å²) in [5.74, 6) is 1.56. The maximum Gasteiger partial charge on any atom is 0.232 e. The molecule has 4 rings (SSSR count). The molecule has 1 atom stereocenters. The van der Waals surface area contributed by atoms with Gasteiger partial charge in [-0.2, -0.15) is 4.98 Å². The first-order valence-electron chi connectivity index (χ1n) is 8.52. The molecule has 1 amide bonds. The maximum atomic E-state index is 12.6. The van der Waals surface area contributed by atoms with Crippen molar-refractivity contribution in [2.45, 2.75) is 19.3 Å². The van der Waals surface area contributed by atoms with Crippen molar-refractivity contribution in [2.24, 2.45) is 0 Å². The first-order valence-corrected chi connectivity index (χ1v) is 8.52. The number of carbonyl (C=O) groups excluding carboxylic acids is 1. The summed E-state index contributed by atoms with van der Waals surface area (Å²) in [6, 6.07) is 11.2. The van der Waals surface area contributed by atoms with Crippen LogP contribution in [0.15, 0.2) is 53.3 Å². The molecule has 3 aromatic rings. The number of aromatic nitrogens is 3. The molecule has 1 aliphatic heterocycles. The van der Waals surface area contributed by atoms with Crippen molar-refractivity contribution < 1.29 is 14.1 Å². The number of pyridine rings is 1. The molecule has 0 saturated carbocycles. The van der Waals surface area contributed by atoms with Crippen LogP contribution in [0.4, 0.5) is 5.69 Å². The lowest BCUT2D eigenvalue weighted by Crippen LogP contribution is -2.25. The van der Waals surface area contributed by atoms with E-state index in [2.05, 4.69) is 15.1 Å². The molecule has 0 aliphatic carbocycles. The van der Waals surface area contributed by atoms with Gasteiger partial charge in [-0.15, -0.1) is 0 Å². The molecule has 7 nitrogen and oxygen atoms in total. The SMILES string of the molecule is CCOc1ccccc1N1CC(c2nc(-c3ccncc3)no2)CC1=O. The average Bonchev–Trinajstić information content (AvgIpc) is 3.30. The fraction of sp³-hybridized carbons (Fsp3) is 0.263. The van der Waals surface area contributed by atoms with E-state index in [0.717, 1.165) is 11.3 Å². The number of anilines is 1. The summed E-state index contributed by atoms with van der Waals surface area (Å²) < 4.78 is 11.1. The maximum absolute atomic E-state index is 12.6. The van der Waals surface area contributed by atoms with E-state index in [0.29, 0.717) is 37.0 Å². The van der Waals surface area contributed by atoms with Crippen molar-refractivity contribution in [3.05, 3.63) is 54.7 Å². The van der Waals surface area contributed by atoms with Crippen LogP contribution >= 0.6 is 0 Å². The highest BCUT2D eigenvalue weighted by molar-refractivity contribution is 5.97. The van der Waals surface area contributed by atoms with Crippen molar-refractivity contribution in [3.63, 3.8) is 0 Å². The van der Waals surface area contributed by atoms with E-state index in [1.165, 1.54) is 0 Å². The summed E-state index contributed by atoms with van der Waals surface area (Å²) in [7, 11) is 0. The third-order valence-corrected chi connectivity index (χ3v) is 4.31. The molecule has 1 unspecified atom stereocenters. The highest BCUT2D eigenvalue weighted by Gasteiger charge is 2.36. The number of hydrogen-bond acceptors (Lipinski definition) is 6. The van der Waals surface area contributed by atoms with E-state index in [9.17, 15) is 4.79 Å². The number of ether oxygens (including phenoxy) is 1. The largest absolute Gasteiger partial charge is 0.492 e. The number of nitrogens with zero attached hydrogens (tertiary/aromatic N) is 4. The minimum Gasteiger partial charge on any atom is -0.492 e. The molecule has 1 saturated heterocycles. The summed E-state index contributed by atoms with van der Waals surface area (Å²) in [5, 5.41) is 4.03. The average molecular weight is 350 g/mol. The molecule has 1 aromatic carbocycles. The molecule has 7 heteroatoms. The number of rotatable bonds is 5. The second kappa shape index (κ2) is 6.95. The first-order chi connectivity index (χ1) is 12.8. The zero-order valence-corrected chi connectivity index (χ0v) is 14.3. The van der Waals surface area contributed by atoms with Crippen LogP contribution in [-0.4, -0.2) is 34.2 Å². The minimum atomic E-state index is -0.139. The van der Waals surface area contributed by atoms with Gasteiger partial charge in [-0.1, -0.05) is 17.3 Å². The van der Waals surface area contributed by atoms with Gasteiger partial charge in [0.1, 0.15) is 5.75 Å². The lowest BCUT2D eigenvalue weighted by molar-refractivity contribution is -0.117. The number of amides is 1. The Kier molecular flexibility index (Phi) is 4.35. The van der Waals surface area contributed by atoms with E-state index in [-0.39, 0.29) is 11.8 Å². The zero-order chi connectivity index (χ0) is 17.9. The topological polar surface area (TPSA) is 81.3 Å². The summed E-state index contributed by atoms with van der Waals surface area (Å²) >= 11 is 0. The minimum absolute atomic E-state index is 0.0193. The first kappa shape index (κ1) is 16.3. The number of para-hydroxylation sites is 2. The van der Waals surface area contributed by atoms with E-state index >= 15 is 0 Å². The normalized spacial score (nSPS) is 16.9. The molecule has 26 heavy (non-hydrogen) atoms. The Hall–Kier alpha value is -3.22. The standard InChI is InChI=1S/C19H18N4O3/c1-2-25-16-6-4-3-5-15(16)23-12-14(11-17(23)24)19-21-18(22-26-19)13-7-9-20-10-8-13/h3-10,14H,2,11-12H2,1H3. The molecule has 1 aliphatic rings. The fourth-order valence-corrected chi connectivity index (χ4v) is 3.08. The van der Waals surface area contributed by atoms with Gasteiger partial charge in [0.2, 0.25) is 17.6 Å². The molecular formula is C19H18N4O3. The van der Waals surface area contributed by atoms with Gasteiger partial charge in [0.05, 0.1) is 18.2 Å². The van der Waals surface area contributed by atoms with Crippen molar-refractivity contribution >= 4 is 11.6 Å². The highest BCUT2D eigenvalue weighted by Crippen LogP contribution is 2.36. The summed E-state index contributed by atoms with van der Waals surface area (Å²) in [4.78, 5) is 22.7. The van der Waals surface area contributed by atoms with Crippen LogP contribution in [0.1, 0.15) is 25.2 Å². The van der Waals surface area contributed by atoms with Gasteiger partial charge in [0, 0.05) is 30.9 Å². The molecule has 1 fully saturated rings. The Balaban J connectivity index is 1.57. The smallest absolute Gasteiger partial charge is 0.232 e. The van der Waals surface area contributed by atoms with Gasteiger partial charge in [-0.05, 0) is 31.2 Å². The number of carbonyl (C=O) groups is 1. The van der Waals surface area contributed by atoms with Crippen LogP contribution in [0.25, 0.3) is 11.4 Å². The van der Waals surface area contributed by atoms with Gasteiger partial charge in [0.15, 0.2) is 0 Å². The second-order valence-electron chi connectivity index (χ2n) is 6.00. The van der Waals surface area contributed by atoms with Gasteiger partial charge in [0.25, 0.3) is 0 Å². The summed E-state index contributed by atoms with van der Waals surface area (Å²) in [6.07, 6.45) is 3.69. The third-order valence-electron chi connectivity index (χ3n) is 4.31. The van der Waals surface area contributed by atoms with Crippen LogP contribution < -0.4 is 9.64 Å². The van der Waals surface area contributed by atoms with Gasteiger partial charge in [-0.25, -0.2) is 0 Å². The molecule has 0 spiro atoms. The van der Waals surface area contributed by atoms with Gasteiger partial charge < -0.3 is 14.2 Å². The second-order valence-corrected chi connectivity index (χ2v) is 6.00. The zero-order valence-electron chi connectivity index (χ0n) is 14.3. The third kappa shape index (κ3) is 3.03. The Morgan fingerprint density at radius 2 is 2.04 bits per heavy atom.